The van der Waals surface area contributed by atoms with Crippen molar-refractivity contribution in [1.82, 2.24) is 10.2 Å². The lowest BCUT2D eigenvalue weighted by Gasteiger charge is -2.29. The number of benzene rings is 1. The number of piperidine rings is 1. The van der Waals surface area contributed by atoms with Crippen LogP contribution in [0.15, 0.2) is 24.3 Å². The minimum Gasteiger partial charge on any atom is -0.374 e. The molecule has 1 unspecified atom stereocenters. The fourth-order valence-corrected chi connectivity index (χ4v) is 3.07. The second-order valence-corrected chi connectivity index (χ2v) is 6.25. The summed E-state index contributed by atoms with van der Waals surface area (Å²) in [4.78, 5) is 24.8. The van der Waals surface area contributed by atoms with E-state index in [4.69, 9.17) is 0 Å². The quantitative estimate of drug-likeness (QED) is 0.744. The van der Waals surface area contributed by atoms with Crippen LogP contribution >= 0.6 is 0 Å². The first-order valence-corrected chi connectivity index (χ1v) is 9.34. The Bertz CT molecular complexity index is 508. The molecule has 140 valence electrons. The van der Waals surface area contributed by atoms with Crippen LogP contribution in [-0.2, 0) is 9.59 Å². The zero-order chi connectivity index (χ0) is 18.7. The molecule has 2 rings (SSSR count). The molecule has 0 aliphatic carbocycles. The summed E-state index contributed by atoms with van der Waals surface area (Å²) < 4.78 is 0. The van der Waals surface area contributed by atoms with Crippen LogP contribution in [-0.4, -0.2) is 50.3 Å². The molecule has 0 radical (unpaired) electrons. The van der Waals surface area contributed by atoms with Gasteiger partial charge in [0.2, 0.25) is 5.91 Å². The Kier molecular flexibility index (Phi) is 9.85. The average Bonchev–Trinajstić information content (AvgIpc) is 2.67. The van der Waals surface area contributed by atoms with Crippen LogP contribution in [0.2, 0.25) is 0 Å². The van der Waals surface area contributed by atoms with Gasteiger partial charge < -0.3 is 20.3 Å². The van der Waals surface area contributed by atoms with E-state index in [1.165, 1.54) is 18.4 Å². The van der Waals surface area contributed by atoms with Gasteiger partial charge in [0.1, 0.15) is 12.3 Å². The molecule has 1 aromatic carbocycles. The van der Waals surface area contributed by atoms with E-state index in [-0.39, 0.29) is 11.9 Å². The lowest BCUT2D eigenvalue weighted by atomic mass is 9.89. The summed E-state index contributed by atoms with van der Waals surface area (Å²) in [6.45, 7) is 6.30. The Balaban J connectivity index is 0.00000151. The molecule has 5 heteroatoms. The maximum Gasteiger partial charge on any atom is 0.242 e. The topological polar surface area (TPSA) is 61.4 Å². The monoisotopic (exact) mass is 347 g/mol. The molecule has 1 saturated heterocycles. The van der Waals surface area contributed by atoms with Crippen LogP contribution in [0.5, 0.6) is 0 Å². The maximum atomic E-state index is 11.9. The van der Waals surface area contributed by atoms with Gasteiger partial charge in [-0.3, -0.25) is 4.79 Å². The number of likely N-dealkylation sites (N-methyl/N-ethyl adjacent to an activating group) is 1. The SMILES string of the molecule is CC.CNC(=O)C(CCC=O)Nc1ccc(C2CCN(C)CC2)cc1. The molecule has 1 aliphatic rings. The van der Waals surface area contributed by atoms with Gasteiger partial charge in [-0.25, -0.2) is 0 Å². The third-order valence-electron chi connectivity index (χ3n) is 4.58. The maximum absolute atomic E-state index is 11.9. The fraction of sp³-hybridized carbons (Fsp3) is 0.600. The number of likely N-dealkylation sites (tertiary alicyclic amines) is 1. The van der Waals surface area contributed by atoms with E-state index in [0.717, 1.165) is 25.1 Å². The Morgan fingerprint density at radius 3 is 2.36 bits per heavy atom. The zero-order valence-electron chi connectivity index (χ0n) is 16.0. The van der Waals surface area contributed by atoms with Crippen LogP contribution in [0.25, 0.3) is 0 Å². The first kappa shape index (κ1) is 21.2. The number of nitrogens with one attached hydrogen (secondary N) is 2. The van der Waals surface area contributed by atoms with Crippen molar-refractivity contribution in [1.29, 1.82) is 0 Å². The molecule has 1 fully saturated rings. The molecule has 25 heavy (non-hydrogen) atoms. The van der Waals surface area contributed by atoms with Gasteiger partial charge in [-0.1, -0.05) is 26.0 Å². The van der Waals surface area contributed by atoms with Crippen molar-refractivity contribution >= 4 is 17.9 Å². The normalized spacial score (nSPS) is 16.3. The number of rotatable bonds is 7. The van der Waals surface area contributed by atoms with Crippen LogP contribution in [0.1, 0.15) is 51.0 Å². The average molecular weight is 348 g/mol. The van der Waals surface area contributed by atoms with Gasteiger partial charge >= 0.3 is 0 Å². The molecule has 1 heterocycles. The van der Waals surface area contributed by atoms with E-state index in [1.807, 2.05) is 26.0 Å². The van der Waals surface area contributed by atoms with Crippen molar-refractivity contribution in [3.63, 3.8) is 0 Å². The molecule has 1 atom stereocenters. The van der Waals surface area contributed by atoms with Gasteiger partial charge in [0, 0.05) is 19.2 Å². The highest BCUT2D eigenvalue weighted by molar-refractivity contribution is 5.84. The Hall–Kier alpha value is -1.88. The first-order chi connectivity index (χ1) is 12.1. The summed E-state index contributed by atoms with van der Waals surface area (Å²) >= 11 is 0. The van der Waals surface area contributed by atoms with E-state index in [0.29, 0.717) is 18.8 Å². The molecule has 5 nitrogen and oxygen atoms in total. The lowest BCUT2D eigenvalue weighted by Crippen LogP contribution is -2.37. The summed E-state index contributed by atoms with van der Waals surface area (Å²) in [5.41, 5.74) is 2.29. The number of aldehydes is 1. The fourth-order valence-electron chi connectivity index (χ4n) is 3.07. The van der Waals surface area contributed by atoms with Gasteiger partial charge in [0.25, 0.3) is 0 Å². The van der Waals surface area contributed by atoms with E-state index in [2.05, 4.69) is 34.7 Å². The number of anilines is 1. The summed E-state index contributed by atoms with van der Waals surface area (Å²) in [6.07, 6.45) is 4.12. The summed E-state index contributed by atoms with van der Waals surface area (Å²) in [6, 6.07) is 7.99. The molecule has 1 aliphatic heterocycles. The third kappa shape index (κ3) is 6.86. The van der Waals surface area contributed by atoms with E-state index in [1.54, 1.807) is 7.05 Å². The molecular formula is C20H33N3O2. The number of hydrogen-bond donors (Lipinski definition) is 2. The second-order valence-electron chi connectivity index (χ2n) is 6.25. The van der Waals surface area contributed by atoms with Crippen LogP contribution in [0.3, 0.4) is 0 Å². The molecule has 0 bridgehead atoms. The second kappa shape index (κ2) is 11.6. The van der Waals surface area contributed by atoms with Crippen molar-refractivity contribution in [2.75, 3.05) is 32.5 Å². The number of carbonyl (C=O) groups is 2. The number of nitrogens with zero attached hydrogens (tertiary/aromatic N) is 1. The molecule has 1 aromatic rings. The third-order valence-corrected chi connectivity index (χ3v) is 4.58. The first-order valence-electron chi connectivity index (χ1n) is 9.34. The van der Waals surface area contributed by atoms with Crippen LogP contribution in [0, 0.1) is 0 Å². The van der Waals surface area contributed by atoms with Crippen LogP contribution in [0.4, 0.5) is 5.69 Å². The highest BCUT2D eigenvalue weighted by Crippen LogP contribution is 2.28. The van der Waals surface area contributed by atoms with Gasteiger partial charge in [-0.2, -0.15) is 0 Å². The predicted molar refractivity (Wildman–Crippen MR) is 104 cm³/mol. The molecule has 1 amide bonds. The van der Waals surface area contributed by atoms with Crippen molar-refractivity contribution in [2.45, 2.75) is 51.5 Å². The number of carbonyl (C=O) groups excluding carboxylic acids is 2. The highest BCUT2D eigenvalue weighted by atomic mass is 16.2. The molecule has 0 spiro atoms. The number of hydrogen-bond acceptors (Lipinski definition) is 4. The predicted octanol–water partition coefficient (Wildman–Crippen LogP) is 3.03. The van der Waals surface area contributed by atoms with Gasteiger partial charge in [0.05, 0.1) is 0 Å². The Morgan fingerprint density at radius 1 is 1.24 bits per heavy atom. The van der Waals surface area contributed by atoms with Crippen LogP contribution < -0.4 is 10.6 Å². The standard InChI is InChI=1S/C18H27N3O2.C2H6/c1-19-18(23)17(4-3-13-22)20-16-7-5-14(6-8-16)15-9-11-21(2)12-10-15;1-2/h5-8,13,15,17,20H,3-4,9-12H2,1-2H3,(H,19,23);1-2H3. The van der Waals surface area contributed by atoms with Crippen molar-refractivity contribution < 1.29 is 9.59 Å². The smallest absolute Gasteiger partial charge is 0.242 e. The molecule has 0 saturated carbocycles. The minimum absolute atomic E-state index is 0.0914. The van der Waals surface area contributed by atoms with Crippen molar-refractivity contribution in [3.05, 3.63) is 29.8 Å². The highest BCUT2D eigenvalue weighted by Gasteiger charge is 2.19. The molecular weight excluding hydrogens is 314 g/mol. The molecule has 0 aromatic heterocycles. The summed E-state index contributed by atoms with van der Waals surface area (Å²) in [5.74, 6) is 0.538. The zero-order valence-corrected chi connectivity index (χ0v) is 16.0. The summed E-state index contributed by atoms with van der Waals surface area (Å²) in [5, 5.41) is 5.86. The minimum atomic E-state index is -0.376. The van der Waals surface area contributed by atoms with Gasteiger partial charge in [0.15, 0.2) is 0 Å². The Morgan fingerprint density at radius 2 is 1.84 bits per heavy atom. The summed E-state index contributed by atoms with van der Waals surface area (Å²) in [7, 11) is 3.78. The molecule has 2 N–H and O–H groups in total. The largest absolute Gasteiger partial charge is 0.374 e. The van der Waals surface area contributed by atoms with E-state index < -0.39 is 0 Å². The van der Waals surface area contributed by atoms with E-state index in [9.17, 15) is 9.59 Å². The van der Waals surface area contributed by atoms with Gasteiger partial charge in [-0.05, 0) is 63.0 Å². The van der Waals surface area contributed by atoms with Gasteiger partial charge in [-0.15, -0.1) is 0 Å². The van der Waals surface area contributed by atoms with E-state index >= 15 is 0 Å². The van der Waals surface area contributed by atoms with Crippen molar-refractivity contribution in [3.8, 4) is 0 Å². The lowest BCUT2D eigenvalue weighted by molar-refractivity contribution is -0.121. The number of amides is 1. The Labute approximate surface area is 152 Å². The van der Waals surface area contributed by atoms with Crippen molar-refractivity contribution in [2.24, 2.45) is 0 Å².